The lowest BCUT2D eigenvalue weighted by Gasteiger charge is -2.48. The number of rotatable bonds is 2. The Kier molecular flexibility index (Phi) is 3.60. The van der Waals surface area contributed by atoms with Gasteiger partial charge in [-0.2, -0.15) is 0 Å². The third-order valence-electron chi connectivity index (χ3n) is 4.50. The minimum atomic E-state index is 0.0430. The summed E-state index contributed by atoms with van der Waals surface area (Å²) in [6.07, 6.45) is 2.32. The SMILES string of the molecule is CC(C)C1CCOC2(CCOC2)C1C(C)C. The summed E-state index contributed by atoms with van der Waals surface area (Å²) in [5, 5.41) is 0. The molecule has 3 atom stereocenters. The van der Waals surface area contributed by atoms with Crippen molar-refractivity contribution in [2.75, 3.05) is 19.8 Å². The summed E-state index contributed by atoms with van der Waals surface area (Å²) >= 11 is 0. The van der Waals surface area contributed by atoms with Crippen LogP contribution in [0.15, 0.2) is 0 Å². The standard InChI is InChI=1S/C14H26O2/c1-10(2)12-5-7-16-14(6-8-15-9-14)13(12)11(3)4/h10-13H,5-9H2,1-4H3. The summed E-state index contributed by atoms with van der Waals surface area (Å²) in [6.45, 7) is 12.0. The minimum Gasteiger partial charge on any atom is -0.378 e. The van der Waals surface area contributed by atoms with Gasteiger partial charge in [-0.05, 0) is 30.1 Å². The van der Waals surface area contributed by atoms with Crippen LogP contribution in [0, 0.1) is 23.7 Å². The van der Waals surface area contributed by atoms with Gasteiger partial charge in [0.2, 0.25) is 0 Å². The van der Waals surface area contributed by atoms with E-state index in [4.69, 9.17) is 9.47 Å². The van der Waals surface area contributed by atoms with Crippen molar-refractivity contribution in [3.63, 3.8) is 0 Å². The summed E-state index contributed by atoms with van der Waals surface area (Å²) < 4.78 is 11.8. The third-order valence-corrected chi connectivity index (χ3v) is 4.50. The molecule has 2 heteroatoms. The number of ether oxygens (including phenoxy) is 2. The van der Waals surface area contributed by atoms with Crippen LogP contribution < -0.4 is 0 Å². The molecule has 2 heterocycles. The van der Waals surface area contributed by atoms with Gasteiger partial charge in [0.05, 0.1) is 12.2 Å². The minimum absolute atomic E-state index is 0.0430. The van der Waals surface area contributed by atoms with E-state index in [0.29, 0.717) is 11.8 Å². The Morgan fingerprint density at radius 2 is 1.81 bits per heavy atom. The van der Waals surface area contributed by atoms with E-state index in [2.05, 4.69) is 27.7 Å². The molecule has 94 valence electrons. The maximum Gasteiger partial charge on any atom is 0.0969 e. The van der Waals surface area contributed by atoms with Crippen LogP contribution in [0.2, 0.25) is 0 Å². The quantitative estimate of drug-likeness (QED) is 0.720. The van der Waals surface area contributed by atoms with E-state index in [1.807, 2.05) is 0 Å². The Hall–Kier alpha value is -0.0800. The van der Waals surface area contributed by atoms with Crippen LogP contribution in [0.1, 0.15) is 40.5 Å². The van der Waals surface area contributed by atoms with Crippen LogP contribution in [0.3, 0.4) is 0 Å². The molecule has 2 saturated heterocycles. The summed E-state index contributed by atoms with van der Waals surface area (Å²) in [6, 6.07) is 0. The molecule has 3 unspecified atom stereocenters. The molecule has 0 aromatic carbocycles. The van der Waals surface area contributed by atoms with E-state index in [0.717, 1.165) is 38.1 Å². The highest BCUT2D eigenvalue weighted by Crippen LogP contribution is 2.47. The van der Waals surface area contributed by atoms with Crippen molar-refractivity contribution < 1.29 is 9.47 Å². The zero-order valence-corrected chi connectivity index (χ0v) is 11.2. The first-order valence-electron chi connectivity index (χ1n) is 6.78. The van der Waals surface area contributed by atoms with Gasteiger partial charge >= 0.3 is 0 Å². The lowest BCUT2D eigenvalue weighted by atomic mass is 9.65. The average molecular weight is 226 g/mol. The Morgan fingerprint density at radius 3 is 2.31 bits per heavy atom. The molecule has 0 aromatic heterocycles. The lowest BCUT2D eigenvalue weighted by Crippen LogP contribution is -2.52. The van der Waals surface area contributed by atoms with Crippen molar-refractivity contribution in [2.45, 2.75) is 46.1 Å². The van der Waals surface area contributed by atoms with Gasteiger partial charge in [0, 0.05) is 19.6 Å². The molecule has 1 spiro atoms. The first kappa shape index (κ1) is 12.4. The zero-order valence-electron chi connectivity index (χ0n) is 11.2. The monoisotopic (exact) mass is 226 g/mol. The molecule has 0 aliphatic carbocycles. The van der Waals surface area contributed by atoms with Crippen LogP contribution in [-0.2, 0) is 9.47 Å². The Labute approximate surface area is 99.7 Å². The molecule has 2 aliphatic heterocycles. The highest BCUT2D eigenvalue weighted by atomic mass is 16.6. The van der Waals surface area contributed by atoms with Crippen molar-refractivity contribution in [2.24, 2.45) is 23.7 Å². The smallest absolute Gasteiger partial charge is 0.0969 e. The number of hydrogen-bond donors (Lipinski definition) is 0. The van der Waals surface area contributed by atoms with Crippen molar-refractivity contribution in [3.8, 4) is 0 Å². The van der Waals surface area contributed by atoms with E-state index in [1.54, 1.807) is 0 Å². The highest BCUT2D eigenvalue weighted by Gasteiger charge is 2.50. The number of hydrogen-bond acceptors (Lipinski definition) is 2. The first-order valence-corrected chi connectivity index (χ1v) is 6.78. The first-order chi connectivity index (χ1) is 7.57. The van der Waals surface area contributed by atoms with Crippen LogP contribution in [0.25, 0.3) is 0 Å². The van der Waals surface area contributed by atoms with Gasteiger partial charge in [-0.1, -0.05) is 27.7 Å². The molecule has 2 nitrogen and oxygen atoms in total. The average Bonchev–Trinajstić information content (AvgIpc) is 2.65. The summed E-state index contributed by atoms with van der Waals surface area (Å²) in [7, 11) is 0. The Morgan fingerprint density at radius 1 is 1.06 bits per heavy atom. The van der Waals surface area contributed by atoms with Gasteiger partial charge in [-0.3, -0.25) is 0 Å². The predicted molar refractivity (Wildman–Crippen MR) is 65.4 cm³/mol. The van der Waals surface area contributed by atoms with Crippen LogP contribution >= 0.6 is 0 Å². The highest BCUT2D eigenvalue weighted by molar-refractivity contribution is 4.99. The maximum atomic E-state index is 6.16. The van der Waals surface area contributed by atoms with Gasteiger partial charge < -0.3 is 9.47 Å². The second kappa shape index (κ2) is 4.66. The van der Waals surface area contributed by atoms with E-state index < -0.39 is 0 Å². The Balaban J connectivity index is 2.23. The van der Waals surface area contributed by atoms with Crippen LogP contribution in [0.5, 0.6) is 0 Å². The van der Waals surface area contributed by atoms with E-state index in [1.165, 1.54) is 6.42 Å². The second-order valence-corrected chi connectivity index (χ2v) is 6.18. The Bertz CT molecular complexity index is 229. The molecule has 0 bridgehead atoms. The van der Waals surface area contributed by atoms with Crippen molar-refractivity contribution >= 4 is 0 Å². The van der Waals surface area contributed by atoms with Gasteiger partial charge in [-0.25, -0.2) is 0 Å². The topological polar surface area (TPSA) is 18.5 Å². The fourth-order valence-electron chi connectivity index (χ4n) is 3.85. The normalized spacial score (nSPS) is 40.1. The molecule has 16 heavy (non-hydrogen) atoms. The molecule has 2 aliphatic rings. The van der Waals surface area contributed by atoms with Gasteiger partial charge in [0.1, 0.15) is 0 Å². The molecular weight excluding hydrogens is 200 g/mol. The second-order valence-electron chi connectivity index (χ2n) is 6.18. The summed E-state index contributed by atoms with van der Waals surface area (Å²) in [5.74, 6) is 2.92. The molecule has 0 N–H and O–H groups in total. The summed E-state index contributed by atoms with van der Waals surface area (Å²) in [4.78, 5) is 0. The molecule has 2 fully saturated rings. The fourth-order valence-corrected chi connectivity index (χ4v) is 3.85. The molecular formula is C14H26O2. The molecule has 2 rings (SSSR count). The predicted octanol–water partition coefficient (Wildman–Crippen LogP) is 3.11. The van der Waals surface area contributed by atoms with Crippen molar-refractivity contribution in [1.29, 1.82) is 0 Å². The third kappa shape index (κ3) is 2.02. The van der Waals surface area contributed by atoms with Gasteiger partial charge in [-0.15, -0.1) is 0 Å². The van der Waals surface area contributed by atoms with Gasteiger partial charge in [0.25, 0.3) is 0 Å². The molecule has 0 saturated carbocycles. The fraction of sp³-hybridized carbons (Fsp3) is 1.00. The van der Waals surface area contributed by atoms with E-state index in [9.17, 15) is 0 Å². The van der Waals surface area contributed by atoms with E-state index >= 15 is 0 Å². The van der Waals surface area contributed by atoms with Gasteiger partial charge in [0.15, 0.2) is 0 Å². The molecule has 0 amide bonds. The molecule has 0 aromatic rings. The van der Waals surface area contributed by atoms with Crippen molar-refractivity contribution in [1.82, 2.24) is 0 Å². The van der Waals surface area contributed by atoms with Crippen LogP contribution in [-0.4, -0.2) is 25.4 Å². The maximum absolute atomic E-state index is 6.16. The largest absolute Gasteiger partial charge is 0.378 e. The lowest BCUT2D eigenvalue weighted by molar-refractivity contribution is -0.162. The van der Waals surface area contributed by atoms with Crippen molar-refractivity contribution in [3.05, 3.63) is 0 Å². The molecule has 0 radical (unpaired) electrons. The summed E-state index contributed by atoms with van der Waals surface area (Å²) in [5.41, 5.74) is 0.0430. The van der Waals surface area contributed by atoms with Crippen LogP contribution in [0.4, 0.5) is 0 Å². The zero-order chi connectivity index (χ0) is 11.8. The van der Waals surface area contributed by atoms with E-state index in [-0.39, 0.29) is 5.60 Å².